The molecule has 0 aliphatic carbocycles. The van der Waals surface area contributed by atoms with E-state index >= 15 is 0 Å². The lowest BCUT2D eigenvalue weighted by atomic mass is 9.95. The smallest absolute Gasteiger partial charge is 0.251 e. The van der Waals surface area contributed by atoms with Crippen LogP contribution in [0.3, 0.4) is 0 Å². The van der Waals surface area contributed by atoms with Gasteiger partial charge in [0.25, 0.3) is 5.56 Å². The van der Waals surface area contributed by atoms with Crippen molar-refractivity contribution in [2.45, 2.75) is 33.1 Å². The summed E-state index contributed by atoms with van der Waals surface area (Å²) < 4.78 is 0. The zero-order valence-electron chi connectivity index (χ0n) is 11.7. The number of aromatic amines is 1. The van der Waals surface area contributed by atoms with Crippen LogP contribution in [0.2, 0.25) is 0 Å². The van der Waals surface area contributed by atoms with Crippen LogP contribution in [0.5, 0.6) is 0 Å². The van der Waals surface area contributed by atoms with Crippen molar-refractivity contribution < 1.29 is 0 Å². The summed E-state index contributed by atoms with van der Waals surface area (Å²) in [6.07, 6.45) is 0. The molecular formula is C15H19N3O. The third kappa shape index (κ3) is 2.84. The van der Waals surface area contributed by atoms with Crippen LogP contribution >= 0.6 is 0 Å². The first kappa shape index (κ1) is 13.3. The van der Waals surface area contributed by atoms with E-state index in [-0.39, 0.29) is 11.0 Å². The van der Waals surface area contributed by atoms with Crippen LogP contribution in [0, 0.1) is 6.92 Å². The first-order valence-corrected chi connectivity index (χ1v) is 6.26. The number of nitrogen functional groups attached to an aromatic ring is 1. The number of H-pyrrole nitrogens is 1. The van der Waals surface area contributed by atoms with Gasteiger partial charge in [-0.3, -0.25) is 4.79 Å². The van der Waals surface area contributed by atoms with Crippen LogP contribution in [0.1, 0.15) is 32.2 Å². The monoisotopic (exact) mass is 257 g/mol. The van der Waals surface area contributed by atoms with E-state index in [2.05, 4.69) is 9.97 Å². The molecule has 0 radical (unpaired) electrons. The van der Waals surface area contributed by atoms with E-state index in [4.69, 9.17) is 5.73 Å². The molecule has 0 aliphatic heterocycles. The van der Waals surface area contributed by atoms with Crippen molar-refractivity contribution in [3.63, 3.8) is 0 Å². The maximum atomic E-state index is 11.8. The Morgan fingerprint density at radius 3 is 2.47 bits per heavy atom. The lowest BCUT2D eigenvalue weighted by molar-refractivity contribution is 0.543. The zero-order chi connectivity index (χ0) is 14.2. The number of nitrogens with zero attached hydrogens (tertiary/aromatic N) is 1. The largest absolute Gasteiger partial charge is 0.398 e. The van der Waals surface area contributed by atoms with Crippen LogP contribution in [0.15, 0.2) is 29.1 Å². The Kier molecular flexibility index (Phi) is 3.18. The Morgan fingerprint density at radius 1 is 1.21 bits per heavy atom. The van der Waals surface area contributed by atoms with Crippen molar-refractivity contribution in [1.29, 1.82) is 0 Å². The van der Waals surface area contributed by atoms with Gasteiger partial charge in [0.15, 0.2) is 0 Å². The quantitative estimate of drug-likeness (QED) is 0.771. The number of rotatable bonds is 1. The summed E-state index contributed by atoms with van der Waals surface area (Å²) in [6, 6.07) is 7.22. The van der Waals surface area contributed by atoms with Gasteiger partial charge in [0.05, 0.1) is 5.69 Å². The maximum absolute atomic E-state index is 11.8. The highest BCUT2D eigenvalue weighted by atomic mass is 16.1. The minimum atomic E-state index is -0.203. The maximum Gasteiger partial charge on any atom is 0.251 e. The number of aromatic nitrogens is 2. The summed E-state index contributed by atoms with van der Waals surface area (Å²) in [4.78, 5) is 19.1. The van der Waals surface area contributed by atoms with Crippen LogP contribution in [0.4, 0.5) is 5.69 Å². The number of hydrogen-bond donors (Lipinski definition) is 2. The molecule has 2 aromatic rings. The zero-order valence-corrected chi connectivity index (χ0v) is 11.7. The van der Waals surface area contributed by atoms with E-state index < -0.39 is 0 Å². The van der Waals surface area contributed by atoms with E-state index in [9.17, 15) is 4.79 Å². The first-order valence-electron chi connectivity index (χ1n) is 6.26. The van der Waals surface area contributed by atoms with Gasteiger partial charge in [0.1, 0.15) is 5.82 Å². The molecule has 1 aromatic heterocycles. The molecule has 3 N–H and O–H groups in total. The van der Waals surface area contributed by atoms with Crippen molar-refractivity contribution in [2.24, 2.45) is 0 Å². The van der Waals surface area contributed by atoms with E-state index in [1.165, 1.54) is 6.07 Å². The standard InChI is InChI=1S/C15H19N3O/c1-9-5-6-10(7-11(9)16)12-8-13(19)18-14(17-12)15(2,3)4/h5-8H,16H2,1-4H3,(H,17,18,19). The molecule has 0 saturated heterocycles. The molecule has 0 amide bonds. The molecule has 2 rings (SSSR count). The molecular weight excluding hydrogens is 238 g/mol. The molecule has 0 aliphatic rings. The molecule has 0 saturated carbocycles. The second kappa shape index (κ2) is 4.53. The molecule has 100 valence electrons. The van der Waals surface area contributed by atoms with Crippen molar-refractivity contribution >= 4 is 5.69 Å². The van der Waals surface area contributed by atoms with Gasteiger partial charge in [-0.25, -0.2) is 4.98 Å². The van der Waals surface area contributed by atoms with E-state index in [1.807, 2.05) is 45.9 Å². The lowest BCUT2D eigenvalue weighted by Gasteiger charge is -2.17. The van der Waals surface area contributed by atoms with Crippen molar-refractivity contribution in [1.82, 2.24) is 9.97 Å². The summed E-state index contributed by atoms with van der Waals surface area (Å²) in [5.41, 5.74) is 8.80. The third-order valence-electron chi connectivity index (χ3n) is 3.03. The number of nitrogens with two attached hydrogens (primary N) is 1. The Hall–Kier alpha value is -2.10. The molecule has 0 bridgehead atoms. The number of anilines is 1. The average Bonchev–Trinajstić information content (AvgIpc) is 2.31. The number of aryl methyl sites for hydroxylation is 1. The van der Waals surface area contributed by atoms with Crippen molar-refractivity contribution in [3.05, 3.63) is 46.0 Å². The molecule has 0 spiro atoms. The summed E-state index contributed by atoms with van der Waals surface area (Å²) in [5, 5.41) is 0. The fraction of sp³-hybridized carbons (Fsp3) is 0.333. The van der Waals surface area contributed by atoms with Gasteiger partial charge in [0, 0.05) is 22.7 Å². The molecule has 19 heavy (non-hydrogen) atoms. The number of hydrogen-bond acceptors (Lipinski definition) is 3. The Morgan fingerprint density at radius 2 is 1.89 bits per heavy atom. The minimum absolute atomic E-state index is 0.144. The topological polar surface area (TPSA) is 71.8 Å². The van der Waals surface area contributed by atoms with Gasteiger partial charge in [-0.1, -0.05) is 32.9 Å². The third-order valence-corrected chi connectivity index (χ3v) is 3.03. The van der Waals surface area contributed by atoms with Crippen LogP contribution in [-0.4, -0.2) is 9.97 Å². The van der Waals surface area contributed by atoms with Gasteiger partial charge >= 0.3 is 0 Å². The fourth-order valence-corrected chi connectivity index (χ4v) is 1.76. The van der Waals surface area contributed by atoms with E-state index in [0.717, 1.165) is 11.1 Å². The second-order valence-corrected chi connectivity index (χ2v) is 5.80. The molecule has 1 heterocycles. The van der Waals surface area contributed by atoms with Gasteiger partial charge in [-0.2, -0.15) is 0 Å². The summed E-state index contributed by atoms with van der Waals surface area (Å²) in [7, 11) is 0. The highest BCUT2D eigenvalue weighted by molar-refractivity contribution is 5.65. The number of benzene rings is 1. The highest BCUT2D eigenvalue weighted by Crippen LogP contribution is 2.23. The highest BCUT2D eigenvalue weighted by Gasteiger charge is 2.18. The minimum Gasteiger partial charge on any atom is -0.398 e. The SMILES string of the molecule is Cc1ccc(-c2cc(=O)[nH]c(C(C)(C)C)n2)cc1N. The Balaban J connectivity index is 2.59. The van der Waals surface area contributed by atoms with Crippen molar-refractivity contribution in [2.75, 3.05) is 5.73 Å². The molecule has 4 heteroatoms. The van der Waals surface area contributed by atoms with Crippen LogP contribution in [-0.2, 0) is 5.41 Å². The van der Waals surface area contributed by atoms with Gasteiger partial charge in [-0.05, 0) is 18.6 Å². The molecule has 0 unspecified atom stereocenters. The fourth-order valence-electron chi connectivity index (χ4n) is 1.76. The van der Waals surface area contributed by atoms with Gasteiger partial charge in [0.2, 0.25) is 0 Å². The molecule has 0 fully saturated rings. The second-order valence-electron chi connectivity index (χ2n) is 5.80. The molecule has 4 nitrogen and oxygen atoms in total. The summed E-state index contributed by atoms with van der Waals surface area (Å²) in [5.74, 6) is 0.675. The Labute approximate surface area is 112 Å². The molecule has 1 aromatic carbocycles. The predicted molar refractivity (Wildman–Crippen MR) is 78.1 cm³/mol. The van der Waals surface area contributed by atoms with Crippen molar-refractivity contribution in [3.8, 4) is 11.3 Å². The first-order chi connectivity index (χ1) is 8.77. The van der Waals surface area contributed by atoms with E-state index in [0.29, 0.717) is 17.2 Å². The number of nitrogens with one attached hydrogen (secondary N) is 1. The average molecular weight is 257 g/mol. The van der Waals surface area contributed by atoms with Crippen LogP contribution in [0.25, 0.3) is 11.3 Å². The Bertz CT molecular complexity index is 666. The lowest BCUT2D eigenvalue weighted by Crippen LogP contribution is -2.21. The molecule has 0 atom stereocenters. The normalized spacial score (nSPS) is 11.6. The van der Waals surface area contributed by atoms with Gasteiger partial charge in [-0.15, -0.1) is 0 Å². The summed E-state index contributed by atoms with van der Waals surface area (Å²) in [6.45, 7) is 7.99. The van der Waals surface area contributed by atoms with E-state index in [1.54, 1.807) is 0 Å². The van der Waals surface area contributed by atoms with Crippen LogP contribution < -0.4 is 11.3 Å². The predicted octanol–water partition coefficient (Wildman–Crippen LogP) is 2.63. The summed E-state index contributed by atoms with van der Waals surface area (Å²) >= 11 is 0. The van der Waals surface area contributed by atoms with Gasteiger partial charge < -0.3 is 10.7 Å².